The van der Waals surface area contributed by atoms with Gasteiger partial charge in [0.1, 0.15) is 11.5 Å². The molecule has 0 N–H and O–H groups in total. The van der Waals surface area contributed by atoms with E-state index in [9.17, 15) is 0 Å². The largest absolute Gasteiger partial charge is 0.456 e. The third-order valence-corrected chi connectivity index (χ3v) is 5.31. The van der Waals surface area contributed by atoms with Crippen molar-refractivity contribution < 1.29 is 8.83 Å². The molecule has 2 aromatic heterocycles. The normalized spacial score (nSPS) is 10.4. The third kappa shape index (κ3) is 5.05. The number of oxazole rings is 1. The zero-order valence-corrected chi connectivity index (χ0v) is 18.5. The molecule has 3 nitrogen and oxygen atoms in total. The number of nitrogens with zero attached hydrogens (tertiary/aromatic N) is 1. The van der Waals surface area contributed by atoms with Gasteiger partial charge in [0.05, 0.1) is 6.20 Å². The molecule has 0 saturated heterocycles. The Bertz CT molecular complexity index is 1200. The molecule has 0 amide bonds. The molecule has 4 aromatic carbocycles. The van der Waals surface area contributed by atoms with E-state index in [2.05, 4.69) is 4.98 Å². The molecule has 0 aliphatic heterocycles. The van der Waals surface area contributed by atoms with Crippen molar-refractivity contribution in [3.8, 4) is 45.4 Å². The lowest BCUT2D eigenvalue weighted by molar-refractivity contribution is 0.589. The quantitative estimate of drug-likeness (QED) is 0.275. The smallest absolute Gasteiger partial charge is 0.226 e. The van der Waals surface area contributed by atoms with E-state index in [1.807, 2.05) is 133 Å². The molecule has 0 saturated carbocycles. The fraction of sp³-hybridized carbons (Fsp3) is 0. The molecule has 0 atom stereocenters. The maximum atomic E-state index is 5.86. The minimum atomic E-state index is 0.657. The van der Waals surface area contributed by atoms with Crippen LogP contribution in [0.25, 0.3) is 45.4 Å². The second kappa shape index (κ2) is 10.3. The number of aromatic nitrogens is 1. The van der Waals surface area contributed by atoms with E-state index < -0.39 is 0 Å². The Morgan fingerprint density at radius 1 is 0.353 bits per heavy atom. The molecule has 34 heavy (non-hydrogen) atoms. The van der Waals surface area contributed by atoms with Gasteiger partial charge in [0.15, 0.2) is 5.76 Å². The zero-order chi connectivity index (χ0) is 23.0. The Morgan fingerprint density at radius 2 is 0.735 bits per heavy atom. The fourth-order valence-corrected chi connectivity index (χ4v) is 3.58. The van der Waals surface area contributed by atoms with Crippen LogP contribution >= 0.6 is 0 Å². The van der Waals surface area contributed by atoms with Gasteiger partial charge in [-0.15, -0.1) is 0 Å². The van der Waals surface area contributed by atoms with Crippen molar-refractivity contribution in [1.29, 1.82) is 0 Å². The first-order chi connectivity index (χ1) is 16.9. The molecule has 0 bridgehead atoms. The average molecular weight is 442 g/mol. The van der Waals surface area contributed by atoms with Crippen LogP contribution < -0.4 is 0 Å². The monoisotopic (exact) mass is 441 g/mol. The Kier molecular flexibility index (Phi) is 6.45. The number of benzene rings is 4. The van der Waals surface area contributed by atoms with E-state index >= 15 is 0 Å². The van der Waals surface area contributed by atoms with Crippen LogP contribution in [-0.4, -0.2) is 4.98 Å². The highest BCUT2D eigenvalue weighted by atomic mass is 16.4. The SMILES string of the molecule is c1ccc(-c2ccc(-c3ccccc3)o2)cc1.c1ccc(-c2cnc(-c3ccccc3)o2)cc1. The highest BCUT2D eigenvalue weighted by Crippen LogP contribution is 2.28. The summed E-state index contributed by atoms with van der Waals surface area (Å²) in [5.41, 5.74) is 4.25. The van der Waals surface area contributed by atoms with Gasteiger partial charge in [-0.3, -0.25) is 0 Å². The van der Waals surface area contributed by atoms with Crippen molar-refractivity contribution in [1.82, 2.24) is 4.98 Å². The van der Waals surface area contributed by atoms with Crippen molar-refractivity contribution in [2.24, 2.45) is 0 Å². The minimum absolute atomic E-state index is 0.657. The molecule has 0 aliphatic rings. The van der Waals surface area contributed by atoms with Gasteiger partial charge in [-0.2, -0.15) is 0 Å². The highest BCUT2D eigenvalue weighted by Gasteiger charge is 2.07. The van der Waals surface area contributed by atoms with Gasteiger partial charge in [-0.1, -0.05) is 109 Å². The summed E-state index contributed by atoms with van der Waals surface area (Å²) in [4.78, 5) is 4.30. The number of furan rings is 1. The van der Waals surface area contributed by atoms with Gasteiger partial charge >= 0.3 is 0 Å². The van der Waals surface area contributed by atoms with E-state index in [0.717, 1.165) is 39.5 Å². The molecule has 0 radical (unpaired) electrons. The van der Waals surface area contributed by atoms with Crippen molar-refractivity contribution in [3.05, 3.63) is 140 Å². The maximum absolute atomic E-state index is 5.86. The Morgan fingerprint density at radius 3 is 1.18 bits per heavy atom. The van der Waals surface area contributed by atoms with Crippen LogP contribution in [0.1, 0.15) is 0 Å². The Hall–Kier alpha value is -4.63. The first-order valence-electron chi connectivity index (χ1n) is 11.1. The summed E-state index contributed by atoms with van der Waals surface area (Å²) in [6, 6.07) is 44.2. The molecule has 164 valence electrons. The standard InChI is InChI=1S/C16H12O.C15H11NO/c1-3-7-13(8-4-1)15-11-12-16(17-15)14-9-5-2-6-10-14;1-3-7-12(8-4-1)14-11-16-15(17-14)13-9-5-2-6-10-13/h1-12H;1-11H. The van der Waals surface area contributed by atoms with Gasteiger partial charge in [0.2, 0.25) is 5.89 Å². The summed E-state index contributed by atoms with van der Waals surface area (Å²) in [5, 5.41) is 0. The maximum Gasteiger partial charge on any atom is 0.226 e. The molecule has 0 spiro atoms. The summed E-state index contributed by atoms with van der Waals surface area (Å²) >= 11 is 0. The van der Waals surface area contributed by atoms with Gasteiger partial charge in [-0.05, 0) is 24.3 Å². The average Bonchev–Trinajstić information content (AvgIpc) is 3.62. The second-order valence-corrected chi connectivity index (χ2v) is 7.66. The third-order valence-electron chi connectivity index (χ3n) is 5.31. The van der Waals surface area contributed by atoms with Crippen LogP contribution in [0.15, 0.2) is 148 Å². The topological polar surface area (TPSA) is 39.2 Å². The molecular formula is C31H23NO2. The van der Waals surface area contributed by atoms with Gasteiger partial charge in [0.25, 0.3) is 0 Å². The van der Waals surface area contributed by atoms with Crippen molar-refractivity contribution >= 4 is 0 Å². The van der Waals surface area contributed by atoms with E-state index in [4.69, 9.17) is 8.83 Å². The summed E-state index contributed by atoms with van der Waals surface area (Å²) in [7, 11) is 0. The fourth-order valence-electron chi connectivity index (χ4n) is 3.58. The lowest BCUT2D eigenvalue weighted by Gasteiger charge is -1.97. The van der Waals surface area contributed by atoms with Crippen molar-refractivity contribution in [2.75, 3.05) is 0 Å². The molecule has 3 heteroatoms. The number of hydrogen-bond acceptors (Lipinski definition) is 3. The summed E-state index contributed by atoms with van der Waals surface area (Å²) in [6.45, 7) is 0. The summed E-state index contributed by atoms with van der Waals surface area (Å²) < 4.78 is 11.6. The minimum Gasteiger partial charge on any atom is -0.456 e. The van der Waals surface area contributed by atoms with E-state index in [-0.39, 0.29) is 0 Å². The van der Waals surface area contributed by atoms with E-state index in [1.165, 1.54) is 0 Å². The Labute approximate surface area is 199 Å². The molecular weight excluding hydrogens is 418 g/mol. The predicted octanol–water partition coefficient (Wildman–Crippen LogP) is 8.62. The molecule has 2 heterocycles. The van der Waals surface area contributed by atoms with Gasteiger partial charge in [0, 0.05) is 22.3 Å². The molecule has 6 rings (SSSR count). The first kappa shape index (κ1) is 21.2. The van der Waals surface area contributed by atoms with Crippen molar-refractivity contribution in [2.45, 2.75) is 0 Å². The van der Waals surface area contributed by atoms with Crippen LogP contribution in [-0.2, 0) is 0 Å². The van der Waals surface area contributed by atoms with E-state index in [1.54, 1.807) is 6.20 Å². The van der Waals surface area contributed by atoms with Crippen LogP contribution in [0.2, 0.25) is 0 Å². The van der Waals surface area contributed by atoms with E-state index in [0.29, 0.717) is 5.89 Å². The Balaban J connectivity index is 0.000000142. The highest BCUT2D eigenvalue weighted by molar-refractivity contribution is 5.64. The van der Waals surface area contributed by atoms with Crippen LogP contribution in [0.3, 0.4) is 0 Å². The first-order valence-corrected chi connectivity index (χ1v) is 11.1. The van der Waals surface area contributed by atoms with Crippen LogP contribution in [0.5, 0.6) is 0 Å². The molecule has 0 fully saturated rings. The number of rotatable bonds is 4. The predicted molar refractivity (Wildman–Crippen MR) is 137 cm³/mol. The number of hydrogen-bond donors (Lipinski definition) is 0. The van der Waals surface area contributed by atoms with Crippen LogP contribution in [0, 0.1) is 0 Å². The van der Waals surface area contributed by atoms with Crippen molar-refractivity contribution in [3.63, 3.8) is 0 Å². The zero-order valence-electron chi connectivity index (χ0n) is 18.5. The molecule has 0 unspecified atom stereocenters. The van der Waals surface area contributed by atoms with Gasteiger partial charge in [-0.25, -0.2) is 4.98 Å². The molecule has 6 aromatic rings. The summed E-state index contributed by atoms with van der Waals surface area (Å²) in [6.07, 6.45) is 1.76. The summed E-state index contributed by atoms with van der Waals surface area (Å²) in [5.74, 6) is 3.27. The molecule has 0 aliphatic carbocycles. The van der Waals surface area contributed by atoms with Crippen LogP contribution in [0.4, 0.5) is 0 Å². The lowest BCUT2D eigenvalue weighted by atomic mass is 10.2. The van der Waals surface area contributed by atoms with Gasteiger partial charge < -0.3 is 8.83 Å². The second-order valence-electron chi connectivity index (χ2n) is 7.66. The lowest BCUT2D eigenvalue weighted by Crippen LogP contribution is -1.73.